The molecule has 0 radical (unpaired) electrons. The van der Waals surface area contributed by atoms with Crippen LogP contribution in [0.2, 0.25) is 5.02 Å². The highest BCUT2D eigenvalue weighted by Crippen LogP contribution is 2.35. The molecule has 0 spiro atoms. The summed E-state index contributed by atoms with van der Waals surface area (Å²) in [6.07, 6.45) is 1.53. The molecule has 0 unspecified atom stereocenters. The van der Waals surface area contributed by atoms with Crippen molar-refractivity contribution >= 4 is 17.8 Å². The lowest BCUT2D eigenvalue weighted by Gasteiger charge is -2.11. The van der Waals surface area contributed by atoms with Crippen LogP contribution in [0, 0.1) is 11.3 Å². The van der Waals surface area contributed by atoms with Crippen molar-refractivity contribution < 1.29 is 14.3 Å². The summed E-state index contributed by atoms with van der Waals surface area (Å²) < 4.78 is 10.7. The van der Waals surface area contributed by atoms with Crippen LogP contribution >= 0.6 is 11.6 Å². The van der Waals surface area contributed by atoms with E-state index in [4.69, 9.17) is 31.2 Å². The van der Waals surface area contributed by atoms with Crippen LogP contribution in [-0.2, 0) is 11.4 Å². The zero-order chi connectivity index (χ0) is 17.4. The summed E-state index contributed by atoms with van der Waals surface area (Å²) in [5.41, 5.74) is 2.06. The van der Waals surface area contributed by atoms with Gasteiger partial charge in [0.25, 0.3) is 0 Å². The molecule has 6 heteroatoms. The summed E-state index contributed by atoms with van der Waals surface area (Å²) in [6, 6.07) is 12.8. The standard InChI is InChI=1S/C18H17ClN2O3/c1-3-23-18-16(19)8-13(9-17(18)22-2)11-21-24-12-15-7-5-4-6-14(15)10-20/h4-9,11H,3,12H2,1-2H3/b21-11-. The largest absolute Gasteiger partial charge is 0.493 e. The number of ether oxygens (including phenoxy) is 2. The van der Waals surface area contributed by atoms with Gasteiger partial charge in [-0.2, -0.15) is 5.26 Å². The summed E-state index contributed by atoms with van der Waals surface area (Å²) in [7, 11) is 1.55. The van der Waals surface area contributed by atoms with E-state index in [-0.39, 0.29) is 6.61 Å². The first-order valence-corrected chi connectivity index (χ1v) is 7.71. The van der Waals surface area contributed by atoms with Crippen LogP contribution in [0.15, 0.2) is 41.6 Å². The number of hydrogen-bond donors (Lipinski definition) is 0. The zero-order valence-corrected chi connectivity index (χ0v) is 14.2. The van der Waals surface area contributed by atoms with E-state index in [9.17, 15) is 0 Å². The van der Waals surface area contributed by atoms with E-state index in [1.54, 1.807) is 31.4 Å². The lowest BCUT2D eigenvalue weighted by molar-refractivity contribution is 0.132. The highest BCUT2D eigenvalue weighted by Gasteiger charge is 2.10. The van der Waals surface area contributed by atoms with E-state index < -0.39 is 0 Å². The van der Waals surface area contributed by atoms with Gasteiger partial charge < -0.3 is 14.3 Å². The summed E-state index contributed by atoms with van der Waals surface area (Å²) >= 11 is 6.20. The minimum absolute atomic E-state index is 0.210. The summed E-state index contributed by atoms with van der Waals surface area (Å²) in [6.45, 7) is 2.57. The Morgan fingerprint density at radius 3 is 2.79 bits per heavy atom. The van der Waals surface area contributed by atoms with Gasteiger partial charge in [-0.25, -0.2) is 0 Å². The molecule has 0 N–H and O–H groups in total. The maximum atomic E-state index is 9.03. The minimum Gasteiger partial charge on any atom is -0.493 e. The fourth-order valence-electron chi connectivity index (χ4n) is 2.06. The quantitative estimate of drug-likeness (QED) is 0.558. The highest BCUT2D eigenvalue weighted by molar-refractivity contribution is 6.32. The number of nitrogens with zero attached hydrogens (tertiary/aromatic N) is 2. The summed E-state index contributed by atoms with van der Waals surface area (Å²) in [5, 5.41) is 13.4. The Kier molecular flexibility index (Phi) is 6.47. The van der Waals surface area contributed by atoms with Crippen LogP contribution in [0.25, 0.3) is 0 Å². The first-order chi connectivity index (χ1) is 11.7. The van der Waals surface area contributed by atoms with E-state index in [0.29, 0.717) is 34.3 Å². The van der Waals surface area contributed by atoms with Gasteiger partial charge in [-0.3, -0.25) is 0 Å². The van der Waals surface area contributed by atoms with Gasteiger partial charge in [-0.05, 0) is 25.1 Å². The number of rotatable bonds is 7. The Hall–Kier alpha value is -2.71. The highest BCUT2D eigenvalue weighted by atomic mass is 35.5. The lowest BCUT2D eigenvalue weighted by Crippen LogP contribution is -1.98. The number of hydrogen-bond acceptors (Lipinski definition) is 5. The van der Waals surface area contributed by atoms with Gasteiger partial charge in [0.05, 0.1) is 36.6 Å². The molecule has 0 aromatic heterocycles. The second-order valence-corrected chi connectivity index (χ2v) is 5.15. The predicted octanol–water partition coefficient (Wildman–Crippen LogP) is 4.17. The van der Waals surface area contributed by atoms with Crippen LogP contribution in [0.5, 0.6) is 11.5 Å². The van der Waals surface area contributed by atoms with Crippen LogP contribution in [0.4, 0.5) is 0 Å². The van der Waals surface area contributed by atoms with E-state index in [0.717, 1.165) is 5.56 Å². The smallest absolute Gasteiger partial charge is 0.179 e. The summed E-state index contributed by atoms with van der Waals surface area (Å²) in [5.74, 6) is 1.03. The molecule has 0 heterocycles. The third kappa shape index (κ3) is 4.40. The number of methoxy groups -OCH3 is 1. The van der Waals surface area contributed by atoms with Gasteiger partial charge >= 0.3 is 0 Å². The average molecular weight is 345 g/mol. The maximum absolute atomic E-state index is 9.03. The van der Waals surface area contributed by atoms with Gasteiger partial charge in [0.1, 0.15) is 6.61 Å². The first-order valence-electron chi connectivity index (χ1n) is 7.33. The van der Waals surface area contributed by atoms with Gasteiger partial charge in [-0.15, -0.1) is 0 Å². The first kappa shape index (κ1) is 17.6. The number of halogens is 1. The Morgan fingerprint density at radius 1 is 1.29 bits per heavy atom. The Bertz CT molecular complexity index is 769. The molecular formula is C18H17ClN2O3. The van der Waals surface area contributed by atoms with E-state index in [1.807, 2.05) is 19.1 Å². The van der Waals surface area contributed by atoms with Crippen molar-refractivity contribution in [3.63, 3.8) is 0 Å². The van der Waals surface area contributed by atoms with Crippen molar-refractivity contribution in [2.45, 2.75) is 13.5 Å². The van der Waals surface area contributed by atoms with Gasteiger partial charge in [0, 0.05) is 11.1 Å². The van der Waals surface area contributed by atoms with E-state index in [2.05, 4.69) is 11.2 Å². The molecule has 0 saturated carbocycles. The Labute approximate surface area is 146 Å². The van der Waals surface area contributed by atoms with Crippen molar-refractivity contribution in [1.29, 1.82) is 5.26 Å². The third-order valence-corrected chi connectivity index (χ3v) is 3.46. The molecule has 2 aromatic rings. The van der Waals surface area contributed by atoms with Crippen LogP contribution < -0.4 is 9.47 Å². The monoisotopic (exact) mass is 344 g/mol. The van der Waals surface area contributed by atoms with Gasteiger partial charge in [0.2, 0.25) is 0 Å². The second-order valence-electron chi connectivity index (χ2n) is 4.74. The molecule has 0 amide bonds. The fraction of sp³-hybridized carbons (Fsp3) is 0.222. The molecule has 0 bridgehead atoms. The molecular weight excluding hydrogens is 328 g/mol. The summed E-state index contributed by atoms with van der Waals surface area (Å²) in [4.78, 5) is 5.26. The molecule has 24 heavy (non-hydrogen) atoms. The molecule has 5 nitrogen and oxygen atoms in total. The normalized spacial score (nSPS) is 10.4. The molecule has 124 valence electrons. The third-order valence-electron chi connectivity index (χ3n) is 3.17. The van der Waals surface area contributed by atoms with Crippen LogP contribution in [-0.4, -0.2) is 19.9 Å². The topological polar surface area (TPSA) is 63.8 Å². The number of benzene rings is 2. The van der Waals surface area contributed by atoms with E-state index >= 15 is 0 Å². The zero-order valence-electron chi connectivity index (χ0n) is 13.5. The average Bonchev–Trinajstić information content (AvgIpc) is 2.61. The van der Waals surface area contributed by atoms with Crippen molar-refractivity contribution in [2.24, 2.45) is 5.16 Å². The molecule has 2 rings (SSSR count). The lowest BCUT2D eigenvalue weighted by atomic mass is 10.1. The van der Waals surface area contributed by atoms with Crippen LogP contribution in [0.3, 0.4) is 0 Å². The molecule has 0 aliphatic rings. The van der Waals surface area contributed by atoms with Gasteiger partial charge in [0.15, 0.2) is 11.5 Å². The SMILES string of the molecule is CCOc1c(Cl)cc(/C=N\OCc2ccccc2C#N)cc1OC. The maximum Gasteiger partial charge on any atom is 0.179 e. The molecule has 2 aromatic carbocycles. The molecule has 0 fully saturated rings. The second kappa shape index (κ2) is 8.80. The van der Waals surface area contributed by atoms with Crippen molar-refractivity contribution in [1.82, 2.24) is 0 Å². The minimum atomic E-state index is 0.210. The van der Waals surface area contributed by atoms with Crippen molar-refractivity contribution in [3.05, 3.63) is 58.1 Å². The Balaban J connectivity index is 2.07. The molecule has 0 aliphatic carbocycles. The van der Waals surface area contributed by atoms with Gasteiger partial charge in [-0.1, -0.05) is 35.0 Å². The molecule has 0 aliphatic heterocycles. The van der Waals surface area contributed by atoms with Crippen LogP contribution in [0.1, 0.15) is 23.6 Å². The number of nitriles is 1. The predicted molar refractivity (Wildman–Crippen MR) is 92.7 cm³/mol. The molecule has 0 atom stereocenters. The Morgan fingerprint density at radius 2 is 2.08 bits per heavy atom. The fourth-order valence-corrected chi connectivity index (χ4v) is 2.33. The van der Waals surface area contributed by atoms with E-state index in [1.165, 1.54) is 6.21 Å². The van der Waals surface area contributed by atoms with Crippen molar-refractivity contribution in [3.8, 4) is 17.6 Å². The number of oxime groups is 1. The van der Waals surface area contributed by atoms with Crippen molar-refractivity contribution in [2.75, 3.05) is 13.7 Å². The molecule has 0 saturated heterocycles.